The van der Waals surface area contributed by atoms with Gasteiger partial charge in [-0.15, -0.1) is 0 Å². The minimum Gasteiger partial charge on any atom is -0.366 e. The topological polar surface area (TPSA) is 75.4 Å². The van der Waals surface area contributed by atoms with E-state index in [1.807, 2.05) is 19.0 Å². The maximum absolute atomic E-state index is 14.0. The molecule has 2 amide bonds. The Hall–Kier alpha value is -2.29. The second-order valence-electron chi connectivity index (χ2n) is 9.27. The summed E-state index contributed by atoms with van der Waals surface area (Å²) in [7, 11) is 3.71. The molecule has 0 heterocycles. The van der Waals surface area contributed by atoms with Gasteiger partial charge in [0.05, 0.1) is 15.5 Å². The summed E-state index contributed by atoms with van der Waals surface area (Å²) < 4.78 is 41.9. The normalized spacial score (nSPS) is 16.6. The van der Waals surface area contributed by atoms with Crippen molar-refractivity contribution in [3.05, 3.63) is 69.2 Å². The van der Waals surface area contributed by atoms with Gasteiger partial charge >= 0.3 is 6.18 Å². The number of carbonyl (C=O) groups is 2. The van der Waals surface area contributed by atoms with Gasteiger partial charge in [0.15, 0.2) is 0 Å². The number of hydrogen-bond donors (Lipinski definition) is 2. The molecule has 0 spiro atoms. The van der Waals surface area contributed by atoms with Crippen molar-refractivity contribution in [1.29, 1.82) is 0 Å². The molecule has 0 saturated heterocycles. The highest BCUT2D eigenvalue weighted by molar-refractivity contribution is 6.42. The molecular formula is C25H28Cl2F3N3O2. The molecule has 0 aromatic heterocycles. The Kier molecular flexibility index (Phi) is 8.40. The van der Waals surface area contributed by atoms with E-state index in [9.17, 15) is 22.8 Å². The summed E-state index contributed by atoms with van der Waals surface area (Å²) >= 11 is 12.0. The smallest absolute Gasteiger partial charge is 0.366 e. The quantitative estimate of drug-likeness (QED) is 0.444. The van der Waals surface area contributed by atoms with Gasteiger partial charge in [0.2, 0.25) is 11.8 Å². The first kappa shape index (κ1) is 27.3. The number of carbonyl (C=O) groups excluding carboxylic acids is 2. The highest BCUT2D eigenvalue weighted by Crippen LogP contribution is 2.66. The maximum Gasteiger partial charge on any atom is 0.395 e. The van der Waals surface area contributed by atoms with Crippen molar-refractivity contribution in [1.82, 2.24) is 10.2 Å². The Balaban J connectivity index is 1.71. The van der Waals surface area contributed by atoms with Crippen molar-refractivity contribution in [2.75, 3.05) is 20.6 Å². The average Bonchev–Trinajstić information content (AvgIpc) is 3.59. The average molecular weight is 530 g/mol. The molecule has 0 bridgehead atoms. The van der Waals surface area contributed by atoms with E-state index in [2.05, 4.69) is 5.32 Å². The number of nitrogens with one attached hydrogen (secondary N) is 1. The highest BCUT2D eigenvalue weighted by Gasteiger charge is 2.67. The van der Waals surface area contributed by atoms with Gasteiger partial charge in [-0.1, -0.05) is 41.4 Å². The molecule has 3 N–H and O–H groups in total. The molecule has 2 atom stereocenters. The van der Waals surface area contributed by atoms with Crippen LogP contribution in [0.15, 0.2) is 42.5 Å². The van der Waals surface area contributed by atoms with Crippen LogP contribution in [-0.4, -0.2) is 49.6 Å². The van der Waals surface area contributed by atoms with Gasteiger partial charge in [0.1, 0.15) is 0 Å². The Bertz CT molecular complexity index is 1070. The number of primary amides is 1. The monoisotopic (exact) mass is 529 g/mol. The zero-order valence-corrected chi connectivity index (χ0v) is 21.0. The second-order valence-corrected chi connectivity index (χ2v) is 10.1. The predicted octanol–water partition coefficient (Wildman–Crippen LogP) is 5.20. The van der Waals surface area contributed by atoms with Gasteiger partial charge in [-0.25, -0.2) is 0 Å². The van der Waals surface area contributed by atoms with Crippen LogP contribution in [0.5, 0.6) is 0 Å². The van der Waals surface area contributed by atoms with Crippen LogP contribution < -0.4 is 11.1 Å². The number of rotatable bonds is 10. The molecule has 190 valence electrons. The zero-order valence-electron chi connectivity index (χ0n) is 19.5. The summed E-state index contributed by atoms with van der Waals surface area (Å²) in [5.74, 6) is -2.04. The van der Waals surface area contributed by atoms with E-state index in [1.165, 1.54) is 18.2 Å². The molecule has 2 aromatic rings. The van der Waals surface area contributed by atoms with E-state index in [1.54, 1.807) is 24.3 Å². The van der Waals surface area contributed by atoms with Crippen molar-refractivity contribution in [2.24, 2.45) is 11.1 Å². The third-order valence-electron chi connectivity index (χ3n) is 6.73. The summed E-state index contributed by atoms with van der Waals surface area (Å²) in [6, 6.07) is 11.1. The van der Waals surface area contributed by atoms with Gasteiger partial charge in [-0.2, -0.15) is 13.2 Å². The molecule has 1 fully saturated rings. The molecule has 0 radical (unpaired) electrons. The van der Waals surface area contributed by atoms with E-state index >= 15 is 0 Å². The van der Waals surface area contributed by atoms with Crippen LogP contribution in [0.4, 0.5) is 13.2 Å². The van der Waals surface area contributed by atoms with E-state index in [-0.39, 0.29) is 41.9 Å². The lowest BCUT2D eigenvalue weighted by Gasteiger charge is -2.30. The number of amides is 2. The first-order chi connectivity index (χ1) is 16.3. The zero-order chi connectivity index (χ0) is 26.0. The summed E-state index contributed by atoms with van der Waals surface area (Å²) in [6.07, 6.45) is -4.25. The molecule has 1 aliphatic rings. The van der Waals surface area contributed by atoms with Crippen molar-refractivity contribution in [3.8, 4) is 0 Å². The summed E-state index contributed by atoms with van der Waals surface area (Å²) in [4.78, 5) is 26.1. The van der Waals surface area contributed by atoms with Crippen LogP contribution in [0, 0.1) is 5.41 Å². The third-order valence-corrected chi connectivity index (χ3v) is 7.47. The fourth-order valence-corrected chi connectivity index (χ4v) is 4.64. The fourth-order valence-electron chi connectivity index (χ4n) is 4.33. The molecule has 1 aliphatic carbocycles. The van der Waals surface area contributed by atoms with Gasteiger partial charge in [-0.3, -0.25) is 9.59 Å². The van der Waals surface area contributed by atoms with E-state index < -0.39 is 29.3 Å². The number of alkyl halides is 3. The first-order valence-corrected chi connectivity index (χ1v) is 11.9. The first-order valence-electron chi connectivity index (χ1n) is 11.2. The van der Waals surface area contributed by atoms with Crippen molar-refractivity contribution < 1.29 is 22.8 Å². The van der Waals surface area contributed by atoms with Crippen molar-refractivity contribution in [3.63, 3.8) is 0 Å². The Morgan fingerprint density at radius 2 is 1.71 bits per heavy atom. The number of likely N-dealkylation sites (N-methyl/N-ethyl adjacent to an activating group) is 1. The van der Waals surface area contributed by atoms with Gasteiger partial charge < -0.3 is 16.0 Å². The lowest BCUT2D eigenvalue weighted by Crippen LogP contribution is -2.42. The van der Waals surface area contributed by atoms with Gasteiger partial charge in [-0.05, 0) is 68.8 Å². The van der Waals surface area contributed by atoms with Crippen LogP contribution in [-0.2, 0) is 11.2 Å². The SMILES string of the molecule is CN(C)[C@H](CNC(=O)C[C@@H](c1ccc(Cl)c(Cl)c1)C1(C(F)(F)F)CC1)Cc1ccc(C(N)=O)cc1. The maximum atomic E-state index is 14.0. The van der Waals surface area contributed by atoms with E-state index in [0.29, 0.717) is 17.5 Å². The Morgan fingerprint density at radius 1 is 1.09 bits per heavy atom. The lowest BCUT2D eigenvalue weighted by atomic mass is 9.80. The van der Waals surface area contributed by atoms with E-state index in [0.717, 1.165) is 5.56 Å². The second kappa shape index (κ2) is 10.8. The Labute approximate surface area is 212 Å². The summed E-state index contributed by atoms with van der Waals surface area (Å²) in [5.41, 5.74) is 5.02. The number of halogens is 5. The molecule has 0 aliphatic heterocycles. The number of benzene rings is 2. The molecule has 2 aromatic carbocycles. The molecule has 1 saturated carbocycles. The number of nitrogens with zero attached hydrogens (tertiary/aromatic N) is 1. The largest absolute Gasteiger partial charge is 0.395 e. The van der Waals surface area contributed by atoms with Crippen LogP contribution in [0.3, 0.4) is 0 Å². The predicted molar refractivity (Wildman–Crippen MR) is 131 cm³/mol. The summed E-state index contributed by atoms with van der Waals surface area (Å²) in [6.45, 7) is 0.247. The molecule has 5 nitrogen and oxygen atoms in total. The standard InChI is InChI=1S/C25H28Cl2F3N3O2/c1-33(2)18(11-15-3-5-16(6-4-15)23(31)35)14-32-22(34)13-19(24(9-10-24)25(28,29)30)17-7-8-20(26)21(27)12-17/h3-8,12,18-19H,9-11,13-14H2,1-2H3,(H2,31,35)(H,32,34)/t18-,19-/m0/s1. The lowest BCUT2D eigenvalue weighted by molar-refractivity contribution is -0.194. The molecule has 3 rings (SSSR count). The highest BCUT2D eigenvalue weighted by atomic mass is 35.5. The molecular weight excluding hydrogens is 502 g/mol. The van der Waals surface area contributed by atoms with Crippen LogP contribution in [0.1, 0.15) is 46.7 Å². The minimum atomic E-state index is -4.44. The van der Waals surface area contributed by atoms with Crippen LogP contribution in [0.25, 0.3) is 0 Å². The summed E-state index contributed by atoms with van der Waals surface area (Å²) in [5, 5.41) is 3.21. The van der Waals surface area contributed by atoms with E-state index in [4.69, 9.17) is 28.9 Å². The van der Waals surface area contributed by atoms with Gasteiger partial charge in [0, 0.05) is 30.5 Å². The molecule has 10 heteroatoms. The third kappa shape index (κ3) is 6.48. The van der Waals surface area contributed by atoms with Crippen LogP contribution >= 0.6 is 23.2 Å². The molecule has 35 heavy (non-hydrogen) atoms. The van der Waals surface area contributed by atoms with Crippen molar-refractivity contribution >= 4 is 35.0 Å². The van der Waals surface area contributed by atoms with Crippen molar-refractivity contribution in [2.45, 2.75) is 43.8 Å². The van der Waals surface area contributed by atoms with Crippen LogP contribution in [0.2, 0.25) is 10.0 Å². The Morgan fingerprint density at radius 3 is 2.20 bits per heavy atom. The fraction of sp³-hybridized carbons (Fsp3) is 0.440. The molecule has 0 unspecified atom stereocenters. The minimum absolute atomic E-state index is 0.0314. The number of nitrogens with two attached hydrogens (primary N) is 1. The number of hydrogen-bond acceptors (Lipinski definition) is 3. The van der Waals surface area contributed by atoms with Gasteiger partial charge in [0.25, 0.3) is 0 Å².